The SMILES string of the molecule is CCNC(=O)COc1cccc(C2Oc3cc(-c4cnc([C@@H]5CCCN5C(=O)[C@H](NC(=O)OC)C(C)C)[nH]4)ccc3-c3cc4cc(-c5cnc([C@@H]6CCCN6C(=O)[C@H](NC(=O)OC)C(C)C)[nH]5)ccc4n32)c1. The van der Waals surface area contributed by atoms with Gasteiger partial charge in [0.05, 0.1) is 61.3 Å². The van der Waals surface area contributed by atoms with Gasteiger partial charge in [0, 0.05) is 47.3 Å². The van der Waals surface area contributed by atoms with Crippen molar-refractivity contribution >= 4 is 40.8 Å². The van der Waals surface area contributed by atoms with Crippen LogP contribution >= 0.6 is 0 Å². The predicted octanol–water partition coefficient (Wildman–Crippen LogP) is 7.63. The second-order valence-electron chi connectivity index (χ2n) is 19.1. The fraction of sp³-hybridized carbons (Fsp3) is 0.415. The summed E-state index contributed by atoms with van der Waals surface area (Å²) in [5, 5.41) is 9.15. The lowest BCUT2D eigenvalue weighted by Crippen LogP contribution is -2.51. The minimum absolute atomic E-state index is 0.132. The lowest BCUT2D eigenvalue weighted by molar-refractivity contribution is -0.136. The van der Waals surface area contributed by atoms with E-state index >= 15 is 0 Å². The number of alkyl carbamates (subject to hydrolysis) is 2. The molecular formula is C53H62N10O9. The summed E-state index contributed by atoms with van der Waals surface area (Å²) < 4.78 is 24.8. The molecule has 0 radical (unpaired) electrons. The Morgan fingerprint density at radius 3 is 1.90 bits per heavy atom. The van der Waals surface area contributed by atoms with Crippen molar-refractivity contribution in [1.29, 1.82) is 0 Å². The number of carbonyl (C=O) groups is 5. The Labute approximate surface area is 417 Å². The molecule has 6 aromatic rings. The summed E-state index contributed by atoms with van der Waals surface area (Å²) in [4.78, 5) is 84.6. The van der Waals surface area contributed by atoms with E-state index in [0.717, 1.165) is 69.5 Å². The predicted molar refractivity (Wildman–Crippen MR) is 268 cm³/mol. The number of hydrogen-bond donors (Lipinski definition) is 5. The summed E-state index contributed by atoms with van der Waals surface area (Å²) in [5.74, 6) is 1.59. The van der Waals surface area contributed by atoms with E-state index in [1.165, 1.54) is 14.2 Å². The third-order valence-electron chi connectivity index (χ3n) is 13.8. The molecule has 0 spiro atoms. The first kappa shape index (κ1) is 49.2. The molecule has 19 nitrogen and oxygen atoms in total. The smallest absolute Gasteiger partial charge is 0.407 e. The van der Waals surface area contributed by atoms with Crippen molar-refractivity contribution in [1.82, 2.24) is 50.3 Å². The molecule has 5 atom stereocenters. The molecule has 19 heteroatoms. The number of benzene rings is 3. The van der Waals surface area contributed by atoms with Gasteiger partial charge in [0.1, 0.15) is 35.2 Å². The van der Waals surface area contributed by atoms with E-state index in [1.807, 2.05) is 83.1 Å². The standard InChI is InChI=1S/C53H62N10O9/c1-8-54-44(64)28-71-35-13-9-12-33(23-35)51-63-39-19-17-31(37-26-55-47(57-37)40-14-10-20-61(40)49(65)45(29(2)3)59-52(67)69-6)22-34(39)24-42(63)36-18-16-32(25-43(36)72-51)38-27-56-48(58-38)41-15-11-21-62(41)50(66)46(30(4)5)60-53(68)70-7/h9,12-13,16-19,22-27,29-30,40-41,45-46,51H,8,10-11,14-15,20-21,28H2,1-7H3,(H,54,64)(H,55,57)(H,56,58)(H,59,67)(H,60,68)/t40-,41-,45+,46+,51?/m0/s1. The van der Waals surface area contributed by atoms with Gasteiger partial charge in [-0.05, 0) is 86.9 Å². The van der Waals surface area contributed by atoms with Crippen LogP contribution in [0.15, 0.2) is 79.1 Å². The summed E-state index contributed by atoms with van der Waals surface area (Å²) >= 11 is 0. The number of aromatic nitrogens is 5. The average Bonchev–Trinajstić information content (AvgIpc) is 4.25. The topological polar surface area (TPSA) is 227 Å². The molecule has 3 aromatic carbocycles. The first-order chi connectivity index (χ1) is 34.8. The molecule has 5 amide bonds. The van der Waals surface area contributed by atoms with Crippen molar-refractivity contribution in [2.75, 3.05) is 40.5 Å². The van der Waals surface area contributed by atoms with Crippen LogP contribution in [0.2, 0.25) is 0 Å². The van der Waals surface area contributed by atoms with Gasteiger partial charge in [-0.2, -0.15) is 0 Å². The molecule has 2 saturated heterocycles. The second kappa shape index (κ2) is 20.9. The maximum atomic E-state index is 13.9. The zero-order valence-electron chi connectivity index (χ0n) is 41.6. The highest BCUT2D eigenvalue weighted by Crippen LogP contribution is 2.47. The van der Waals surface area contributed by atoms with E-state index in [4.69, 9.17) is 28.9 Å². The van der Waals surface area contributed by atoms with Crippen LogP contribution in [-0.2, 0) is 23.9 Å². The summed E-state index contributed by atoms with van der Waals surface area (Å²) in [6.07, 6.45) is 4.65. The van der Waals surface area contributed by atoms with Crippen molar-refractivity contribution < 1.29 is 42.9 Å². The van der Waals surface area contributed by atoms with Crippen LogP contribution in [0.1, 0.15) is 95.8 Å². The monoisotopic (exact) mass is 982 g/mol. The Morgan fingerprint density at radius 1 is 0.750 bits per heavy atom. The van der Waals surface area contributed by atoms with Gasteiger partial charge in [0.25, 0.3) is 5.91 Å². The lowest BCUT2D eigenvalue weighted by Gasteiger charge is -2.31. The third kappa shape index (κ3) is 9.79. The minimum Gasteiger partial charge on any atom is -0.484 e. The summed E-state index contributed by atoms with van der Waals surface area (Å²) in [5.41, 5.74) is 6.79. The van der Waals surface area contributed by atoms with Crippen LogP contribution in [0.3, 0.4) is 0 Å². The average molecular weight is 983 g/mol. The second-order valence-corrected chi connectivity index (χ2v) is 19.1. The van der Waals surface area contributed by atoms with Crippen LogP contribution in [0.4, 0.5) is 9.59 Å². The number of methoxy groups -OCH3 is 2. The van der Waals surface area contributed by atoms with Crippen LogP contribution in [0.5, 0.6) is 11.5 Å². The van der Waals surface area contributed by atoms with Gasteiger partial charge < -0.3 is 59.2 Å². The zero-order valence-corrected chi connectivity index (χ0v) is 41.6. The van der Waals surface area contributed by atoms with Crippen molar-refractivity contribution in [2.24, 2.45) is 11.8 Å². The first-order valence-electron chi connectivity index (χ1n) is 24.6. The molecule has 0 aliphatic carbocycles. The molecule has 378 valence electrons. The Balaban J connectivity index is 1.03. The normalized spacial score (nSPS) is 18.0. The summed E-state index contributed by atoms with van der Waals surface area (Å²) in [6.45, 7) is 10.9. The van der Waals surface area contributed by atoms with Gasteiger partial charge in [0.15, 0.2) is 6.61 Å². The summed E-state index contributed by atoms with van der Waals surface area (Å²) in [6, 6.07) is 19.9. The van der Waals surface area contributed by atoms with Gasteiger partial charge >= 0.3 is 12.2 Å². The van der Waals surface area contributed by atoms with Gasteiger partial charge in [-0.25, -0.2) is 19.6 Å². The van der Waals surface area contributed by atoms with Crippen LogP contribution < -0.4 is 25.4 Å². The van der Waals surface area contributed by atoms with Crippen molar-refractivity contribution in [3.8, 4) is 45.3 Å². The number of nitrogens with one attached hydrogen (secondary N) is 5. The molecular weight excluding hydrogens is 921 g/mol. The van der Waals surface area contributed by atoms with Crippen molar-refractivity contribution in [2.45, 2.75) is 90.7 Å². The number of carbonyl (C=O) groups excluding carboxylic acids is 5. The molecule has 0 bridgehead atoms. The number of nitrogens with zero attached hydrogens (tertiary/aromatic N) is 5. The molecule has 6 heterocycles. The van der Waals surface area contributed by atoms with E-state index in [2.05, 4.69) is 48.7 Å². The number of ether oxygens (including phenoxy) is 4. The third-order valence-corrected chi connectivity index (χ3v) is 13.8. The molecule has 2 fully saturated rings. The number of H-pyrrole nitrogens is 2. The number of rotatable bonds is 15. The maximum absolute atomic E-state index is 13.9. The molecule has 72 heavy (non-hydrogen) atoms. The van der Waals surface area contributed by atoms with E-state index in [9.17, 15) is 24.0 Å². The highest BCUT2D eigenvalue weighted by molar-refractivity contribution is 5.93. The maximum Gasteiger partial charge on any atom is 0.407 e. The highest BCUT2D eigenvalue weighted by atomic mass is 16.5. The van der Waals surface area contributed by atoms with Crippen molar-refractivity contribution in [3.05, 3.63) is 96.3 Å². The number of hydrogen-bond acceptors (Lipinski definition) is 11. The quantitative estimate of drug-likeness (QED) is 0.0672. The Bertz CT molecular complexity index is 2990. The number of likely N-dealkylation sites (tertiary alicyclic amines) is 2. The van der Waals surface area contributed by atoms with E-state index in [0.29, 0.717) is 49.2 Å². The fourth-order valence-electron chi connectivity index (χ4n) is 10.1. The summed E-state index contributed by atoms with van der Waals surface area (Å²) in [7, 11) is 2.56. The number of aromatic amines is 2. The first-order valence-corrected chi connectivity index (χ1v) is 24.6. The van der Waals surface area contributed by atoms with E-state index < -0.39 is 30.5 Å². The number of imidazole rings is 2. The van der Waals surface area contributed by atoms with Crippen LogP contribution in [-0.4, -0.2) is 117 Å². The molecule has 3 aromatic heterocycles. The van der Waals surface area contributed by atoms with Crippen LogP contribution in [0.25, 0.3) is 44.7 Å². The molecule has 5 N–H and O–H groups in total. The van der Waals surface area contributed by atoms with Gasteiger partial charge in [-0.15, -0.1) is 0 Å². The molecule has 3 aliphatic rings. The number of amides is 5. The zero-order chi connectivity index (χ0) is 50.8. The minimum atomic E-state index is -0.749. The van der Waals surface area contributed by atoms with Crippen LogP contribution in [0, 0.1) is 11.8 Å². The molecule has 0 saturated carbocycles. The molecule has 3 aliphatic heterocycles. The Hall–Kier alpha value is -7.83. The Morgan fingerprint density at radius 2 is 1.33 bits per heavy atom. The van der Waals surface area contributed by atoms with Crippen molar-refractivity contribution in [3.63, 3.8) is 0 Å². The number of likely N-dealkylation sites (N-methyl/N-ethyl adjacent to an activating group) is 1. The molecule has 9 rings (SSSR count). The largest absolute Gasteiger partial charge is 0.484 e. The Kier molecular flexibility index (Phi) is 14.2. The highest BCUT2D eigenvalue weighted by Gasteiger charge is 2.39. The number of fused-ring (bicyclic) bond motifs is 5. The lowest BCUT2D eigenvalue weighted by atomic mass is 10.0. The fourth-order valence-corrected chi connectivity index (χ4v) is 10.1. The molecule has 1 unspecified atom stereocenters. The van der Waals surface area contributed by atoms with E-state index in [-0.39, 0.29) is 48.2 Å². The van der Waals surface area contributed by atoms with E-state index in [1.54, 1.807) is 22.2 Å². The van der Waals surface area contributed by atoms with Gasteiger partial charge in [-0.3, -0.25) is 14.4 Å². The van der Waals surface area contributed by atoms with Gasteiger partial charge in [-0.1, -0.05) is 52.0 Å². The van der Waals surface area contributed by atoms with Gasteiger partial charge in [0.2, 0.25) is 18.0 Å².